The van der Waals surface area contributed by atoms with Gasteiger partial charge in [0.25, 0.3) is 11.5 Å². The van der Waals surface area contributed by atoms with E-state index in [9.17, 15) is 9.59 Å². The first kappa shape index (κ1) is 16.0. The maximum Gasteiger partial charge on any atom is 0.272 e. The zero-order valence-electron chi connectivity index (χ0n) is 14.6. The number of thiazole rings is 1. The van der Waals surface area contributed by atoms with Gasteiger partial charge in [0.2, 0.25) is 0 Å². The minimum Gasteiger partial charge on any atom is -0.334 e. The van der Waals surface area contributed by atoms with Crippen LogP contribution in [-0.4, -0.2) is 17.1 Å². The average molecular weight is 376 g/mol. The van der Waals surface area contributed by atoms with Crippen LogP contribution in [0.3, 0.4) is 0 Å². The van der Waals surface area contributed by atoms with E-state index in [1.165, 1.54) is 16.9 Å². The number of nitrogens with one attached hydrogen (secondary N) is 1. The summed E-state index contributed by atoms with van der Waals surface area (Å²) in [6.07, 6.45) is 0. The number of aromatic nitrogens is 1. The Hall–Kier alpha value is -3.19. The van der Waals surface area contributed by atoms with Gasteiger partial charge >= 0.3 is 0 Å². The largest absolute Gasteiger partial charge is 0.334 e. The van der Waals surface area contributed by atoms with Crippen molar-refractivity contribution in [3.63, 3.8) is 0 Å². The SMILES string of the molecule is Cc1ccc(N2CN=c3s/c(=C4\C(=O)Nc5ccccc54)c(=O)n3C2)cc1. The first-order valence-electron chi connectivity index (χ1n) is 8.62. The van der Waals surface area contributed by atoms with E-state index >= 15 is 0 Å². The second-order valence-electron chi connectivity index (χ2n) is 6.64. The lowest BCUT2D eigenvalue weighted by Crippen LogP contribution is -2.43. The number of carbonyl (C=O) groups is 1. The molecule has 2 aliphatic rings. The third kappa shape index (κ3) is 2.50. The van der Waals surface area contributed by atoms with Gasteiger partial charge in [-0.05, 0) is 25.1 Å². The van der Waals surface area contributed by atoms with Crippen LogP contribution in [0.2, 0.25) is 0 Å². The molecule has 0 saturated carbocycles. The molecule has 3 heterocycles. The second kappa shape index (κ2) is 5.92. The number of carbonyl (C=O) groups excluding carboxylic acids is 1. The number of benzene rings is 2. The van der Waals surface area contributed by atoms with Crippen molar-refractivity contribution < 1.29 is 4.79 Å². The molecular formula is C20H16N4O2S. The smallest absolute Gasteiger partial charge is 0.272 e. The highest BCUT2D eigenvalue weighted by molar-refractivity contribution is 7.07. The lowest BCUT2D eigenvalue weighted by Gasteiger charge is -2.25. The molecular weight excluding hydrogens is 360 g/mol. The molecule has 0 radical (unpaired) electrons. The highest BCUT2D eigenvalue weighted by Gasteiger charge is 2.27. The quantitative estimate of drug-likeness (QED) is 0.699. The maximum absolute atomic E-state index is 13.1. The Morgan fingerprint density at radius 2 is 1.85 bits per heavy atom. The van der Waals surface area contributed by atoms with Crippen LogP contribution in [0.5, 0.6) is 0 Å². The molecule has 1 N–H and O–H groups in total. The summed E-state index contributed by atoms with van der Waals surface area (Å²) in [6, 6.07) is 15.6. The van der Waals surface area contributed by atoms with E-state index < -0.39 is 0 Å². The fourth-order valence-electron chi connectivity index (χ4n) is 3.42. The third-order valence-electron chi connectivity index (χ3n) is 4.85. The van der Waals surface area contributed by atoms with Crippen LogP contribution in [0.15, 0.2) is 58.3 Å². The van der Waals surface area contributed by atoms with E-state index in [4.69, 9.17) is 0 Å². The lowest BCUT2D eigenvalue weighted by molar-refractivity contribution is -0.110. The van der Waals surface area contributed by atoms with Crippen molar-refractivity contribution in [1.82, 2.24) is 4.57 Å². The van der Waals surface area contributed by atoms with Gasteiger partial charge in [0, 0.05) is 16.9 Å². The van der Waals surface area contributed by atoms with E-state index in [2.05, 4.69) is 10.3 Å². The normalized spacial score (nSPS) is 17.2. The molecule has 7 heteroatoms. The van der Waals surface area contributed by atoms with Crippen molar-refractivity contribution in [3.8, 4) is 0 Å². The molecule has 27 heavy (non-hydrogen) atoms. The molecule has 2 aliphatic heterocycles. The fraction of sp³-hybridized carbons (Fsp3) is 0.150. The number of para-hydroxylation sites is 1. The Kier molecular flexibility index (Phi) is 3.51. The number of aryl methyl sites for hydroxylation is 1. The van der Waals surface area contributed by atoms with Crippen LogP contribution in [0.25, 0.3) is 5.57 Å². The molecule has 0 fully saturated rings. The van der Waals surface area contributed by atoms with Gasteiger partial charge < -0.3 is 10.2 Å². The summed E-state index contributed by atoms with van der Waals surface area (Å²) in [5.74, 6) is -0.233. The van der Waals surface area contributed by atoms with E-state index in [1.54, 1.807) is 4.57 Å². The van der Waals surface area contributed by atoms with Gasteiger partial charge in [0.1, 0.15) is 17.9 Å². The van der Waals surface area contributed by atoms with Crippen molar-refractivity contribution in [2.45, 2.75) is 13.6 Å². The first-order valence-corrected chi connectivity index (χ1v) is 9.44. The highest BCUT2D eigenvalue weighted by Crippen LogP contribution is 2.29. The standard InChI is InChI=1S/C20H16N4O2S/c1-12-6-8-13(9-7-12)23-10-21-20-24(11-23)19(26)17(27-20)16-14-4-2-3-5-15(14)22-18(16)25/h2-9H,10-11H2,1H3,(H,22,25)/b17-16-. The number of hydrogen-bond donors (Lipinski definition) is 1. The Morgan fingerprint density at radius 1 is 1.07 bits per heavy atom. The van der Waals surface area contributed by atoms with Gasteiger partial charge in [-0.1, -0.05) is 47.2 Å². The van der Waals surface area contributed by atoms with Gasteiger partial charge in [0.15, 0.2) is 4.80 Å². The van der Waals surface area contributed by atoms with Crippen molar-refractivity contribution in [2.75, 3.05) is 16.9 Å². The van der Waals surface area contributed by atoms with Gasteiger partial charge in [-0.15, -0.1) is 0 Å². The van der Waals surface area contributed by atoms with Crippen LogP contribution in [0.1, 0.15) is 11.1 Å². The fourth-order valence-corrected chi connectivity index (χ4v) is 4.48. The molecule has 1 amide bonds. The van der Waals surface area contributed by atoms with E-state index in [-0.39, 0.29) is 11.5 Å². The van der Waals surface area contributed by atoms with Crippen molar-refractivity contribution in [3.05, 3.63) is 79.3 Å². The first-order chi connectivity index (χ1) is 13.1. The molecule has 2 aromatic carbocycles. The van der Waals surface area contributed by atoms with Gasteiger partial charge in [-0.3, -0.25) is 14.2 Å². The van der Waals surface area contributed by atoms with Crippen LogP contribution in [0.4, 0.5) is 11.4 Å². The molecule has 5 rings (SSSR count). The topological polar surface area (TPSA) is 66.7 Å². The molecule has 134 valence electrons. The molecule has 0 bridgehead atoms. The van der Waals surface area contributed by atoms with Crippen molar-refractivity contribution in [1.29, 1.82) is 0 Å². The number of rotatable bonds is 1. The van der Waals surface area contributed by atoms with Crippen LogP contribution >= 0.6 is 11.3 Å². The number of amides is 1. The van der Waals surface area contributed by atoms with E-state index in [1.807, 2.05) is 60.4 Å². The van der Waals surface area contributed by atoms with Gasteiger partial charge in [0.05, 0.1) is 5.57 Å². The molecule has 0 spiro atoms. The van der Waals surface area contributed by atoms with Gasteiger partial charge in [-0.2, -0.15) is 0 Å². The number of hydrogen-bond acceptors (Lipinski definition) is 5. The van der Waals surface area contributed by atoms with E-state index in [0.29, 0.717) is 28.2 Å². The number of nitrogens with zero attached hydrogens (tertiary/aromatic N) is 3. The summed E-state index contributed by atoms with van der Waals surface area (Å²) in [5.41, 5.74) is 4.00. The molecule has 6 nitrogen and oxygen atoms in total. The molecule has 0 aliphatic carbocycles. The van der Waals surface area contributed by atoms with Crippen molar-refractivity contribution >= 4 is 34.2 Å². The molecule has 3 aromatic rings. The molecule has 0 saturated heterocycles. The summed E-state index contributed by atoms with van der Waals surface area (Å²) in [7, 11) is 0. The zero-order valence-corrected chi connectivity index (χ0v) is 15.4. The van der Waals surface area contributed by atoms with Crippen molar-refractivity contribution in [2.24, 2.45) is 4.99 Å². The predicted molar refractivity (Wildman–Crippen MR) is 105 cm³/mol. The molecule has 0 unspecified atom stereocenters. The summed E-state index contributed by atoms with van der Waals surface area (Å²) >= 11 is 1.29. The summed E-state index contributed by atoms with van der Waals surface area (Å²) in [5, 5.41) is 2.83. The van der Waals surface area contributed by atoms with Crippen LogP contribution < -0.4 is 25.1 Å². The summed E-state index contributed by atoms with van der Waals surface area (Å²) in [6.45, 7) is 2.95. The maximum atomic E-state index is 13.1. The lowest BCUT2D eigenvalue weighted by atomic mass is 10.1. The minimum atomic E-state index is -0.233. The average Bonchev–Trinajstić information content (AvgIpc) is 3.18. The Balaban J connectivity index is 1.64. The summed E-state index contributed by atoms with van der Waals surface area (Å²) in [4.78, 5) is 32.8. The predicted octanol–water partition coefficient (Wildman–Crippen LogP) is 1.42. The van der Waals surface area contributed by atoms with Gasteiger partial charge in [-0.25, -0.2) is 4.99 Å². The number of fused-ring (bicyclic) bond motifs is 2. The summed E-state index contributed by atoms with van der Waals surface area (Å²) < 4.78 is 2.09. The highest BCUT2D eigenvalue weighted by atomic mass is 32.1. The third-order valence-corrected chi connectivity index (χ3v) is 5.97. The Morgan fingerprint density at radius 3 is 2.67 bits per heavy atom. The van der Waals surface area contributed by atoms with Crippen LogP contribution in [0, 0.1) is 6.92 Å². The molecule has 0 atom stereocenters. The second-order valence-corrected chi connectivity index (χ2v) is 7.62. The monoisotopic (exact) mass is 376 g/mol. The minimum absolute atomic E-state index is 0.169. The van der Waals surface area contributed by atoms with Crippen LogP contribution in [-0.2, 0) is 11.5 Å². The Labute approximate surface area is 158 Å². The zero-order chi connectivity index (χ0) is 18.5. The van der Waals surface area contributed by atoms with E-state index in [0.717, 1.165) is 16.9 Å². The Bertz CT molecular complexity index is 1250. The molecule has 1 aromatic heterocycles. The number of anilines is 2.